The van der Waals surface area contributed by atoms with Crippen molar-refractivity contribution in [2.24, 2.45) is 5.73 Å². The Morgan fingerprint density at radius 3 is 2.93 bits per heavy atom. The van der Waals surface area contributed by atoms with Crippen LogP contribution in [-0.2, 0) is 6.42 Å². The highest BCUT2D eigenvalue weighted by Crippen LogP contribution is 2.33. The minimum absolute atomic E-state index is 0.0517. The molecule has 0 aromatic heterocycles. The smallest absolute Gasteiger partial charge is 0.337 e. The fourth-order valence-corrected chi connectivity index (χ4v) is 2.40. The zero-order chi connectivity index (χ0) is 11.0. The average molecular weight is 226 g/mol. The zero-order valence-corrected chi connectivity index (χ0v) is 8.92. The summed E-state index contributed by atoms with van der Waals surface area (Å²) in [5, 5.41) is 9.38. The number of hydrogen-bond acceptors (Lipinski definition) is 2. The largest absolute Gasteiger partial charge is 0.478 e. The first-order valence-corrected chi connectivity index (χ1v) is 5.29. The third-order valence-electron chi connectivity index (χ3n) is 2.85. The molecule has 0 amide bonds. The van der Waals surface area contributed by atoms with Gasteiger partial charge in [0.25, 0.3) is 0 Å². The summed E-state index contributed by atoms with van der Waals surface area (Å²) in [6.07, 6.45) is 2.59. The molecular weight excluding hydrogens is 214 g/mol. The molecule has 0 saturated heterocycles. The van der Waals surface area contributed by atoms with Gasteiger partial charge in [0.15, 0.2) is 0 Å². The molecular formula is C11H12ClNO2. The van der Waals surface area contributed by atoms with Gasteiger partial charge in [-0.25, -0.2) is 4.79 Å². The lowest BCUT2D eigenvalue weighted by molar-refractivity contribution is 0.0695. The van der Waals surface area contributed by atoms with Gasteiger partial charge in [-0.15, -0.1) is 0 Å². The topological polar surface area (TPSA) is 63.3 Å². The van der Waals surface area contributed by atoms with E-state index < -0.39 is 5.97 Å². The number of carboxylic acid groups (broad SMARTS) is 1. The van der Waals surface area contributed by atoms with E-state index in [1.54, 1.807) is 6.07 Å². The number of carbonyl (C=O) groups is 1. The van der Waals surface area contributed by atoms with Gasteiger partial charge in [-0.05, 0) is 36.5 Å². The lowest BCUT2D eigenvalue weighted by Gasteiger charge is -2.23. The van der Waals surface area contributed by atoms with Gasteiger partial charge in [0.1, 0.15) is 0 Å². The Bertz CT molecular complexity index is 417. The van der Waals surface area contributed by atoms with Crippen LogP contribution in [0.3, 0.4) is 0 Å². The Kier molecular flexibility index (Phi) is 2.67. The molecule has 1 aliphatic carbocycles. The van der Waals surface area contributed by atoms with Crippen LogP contribution >= 0.6 is 11.6 Å². The van der Waals surface area contributed by atoms with Crippen molar-refractivity contribution in [1.82, 2.24) is 0 Å². The summed E-state index contributed by atoms with van der Waals surface area (Å²) >= 11 is 5.88. The van der Waals surface area contributed by atoms with E-state index in [2.05, 4.69) is 0 Å². The zero-order valence-electron chi connectivity index (χ0n) is 8.16. The van der Waals surface area contributed by atoms with E-state index in [4.69, 9.17) is 22.4 Å². The van der Waals surface area contributed by atoms with Crippen LogP contribution in [0.5, 0.6) is 0 Å². The van der Waals surface area contributed by atoms with Crippen molar-refractivity contribution in [2.45, 2.75) is 25.3 Å². The molecule has 0 saturated carbocycles. The second-order valence-corrected chi connectivity index (χ2v) is 4.20. The van der Waals surface area contributed by atoms with Gasteiger partial charge in [-0.1, -0.05) is 17.7 Å². The summed E-state index contributed by atoms with van der Waals surface area (Å²) in [4.78, 5) is 11.1. The molecule has 15 heavy (non-hydrogen) atoms. The Hall–Kier alpha value is -1.06. The van der Waals surface area contributed by atoms with E-state index in [0.29, 0.717) is 5.02 Å². The molecule has 0 radical (unpaired) electrons. The van der Waals surface area contributed by atoms with Crippen LogP contribution in [0.2, 0.25) is 5.02 Å². The van der Waals surface area contributed by atoms with Crippen molar-refractivity contribution in [1.29, 1.82) is 0 Å². The quantitative estimate of drug-likeness (QED) is 0.771. The van der Waals surface area contributed by atoms with E-state index in [1.807, 2.05) is 6.07 Å². The standard InChI is InChI=1S/C11H12ClNO2/c12-8-5-4-6-7(10(8)11(14)15)2-1-3-9(6)13/h4-5,9H,1-3,13H2,(H,14,15). The van der Waals surface area contributed by atoms with Crippen LogP contribution in [0.4, 0.5) is 0 Å². The highest BCUT2D eigenvalue weighted by Gasteiger charge is 2.24. The van der Waals surface area contributed by atoms with Crippen molar-refractivity contribution in [3.05, 3.63) is 33.8 Å². The average Bonchev–Trinajstić information content (AvgIpc) is 2.17. The maximum atomic E-state index is 11.1. The number of aromatic carboxylic acids is 1. The van der Waals surface area contributed by atoms with Crippen LogP contribution in [0.1, 0.15) is 40.4 Å². The summed E-state index contributed by atoms with van der Waals surface area (Å²) in [5.74, 6) is -0.967. The molecule has 0 heterocycles. The van der Waals surface area contributed by atoms with Crippen LogP contribution in [0, 0.1) is 0 Å². The molecule has 1 aromatic carbocycles. The summed E-state index contributed by atoms with van der Waals surface area (Å²) in [7, 11) is 0. The van der Waals surface area contributed by atoms with Crippen LogP contribution < -0.4 is 5.73 Å². The summed E-state index contributed by atoms with van der Waals surface area (Å²) in [6, 6.07) is 3.41. The first-order valence-electron chi connectivity index (χ1n) is 4.91. The minimum atomic E-state index is -0.967. The van der Waals surface area contributed by atoms with E-state index in [0.717, 1.165) is 30.4 Å². The fourth-order valence-electron chi connectivity index (χ4n) is 2.14. The van der Waals surface area contributed by atoms with Crippen molar-refractivity contribution in [3.63, 3.8) is 0 Å². The molecule has 3 N–H and O–H groups in total. The monoisotopic (exact) mass is 225 g/mol. The summed E-state index contributed by atoms with van der Waals surface area (Å²) in [6.45, 7) is 0. The molecule has 1 aromatic rings. The Morgan fingerprint density at radius 2 is 2.27 bits per heavy atom. The molecule has 3 nitrogen and oxygen atoms in total. The molecule has 80 valence electrons. The highest BCUT2D eigenvalue weighted by molar-refractivity contribution is 6.33. The first-order chi connectivity index (χ1) is 7.11. The number of halogens is 1. The van der Waals surface area contributed by atoms with Gasteiger partial charge in [0.2, 0.25) is 0 Å². The van der Waals surface area contributed by atoms with Crippen molar-refractivity contribution < 1.29 is 9.90 Å². The van der Waals surface area contributed by atoms with E-state index in [1.165, 1.54) is 0 Å². The second-order valence-electron chi connectivity index (χ2n) is 3.79. The summed E-state index contributed by atoms with van der Waals surface area (Å²) < 4.78 is 0. The summed E-state index contributed by atoms with van der Waals surface area (Å²) in [5.41, 5.74) is 7.90. The first kappa shape index (κ1) is 10.5. The van der Waals surface area contributed by atoms with Crippen LogP contribution in [-0.4, -0.2) is 11.1 Å². The third kappa shape index (κ3) is 1.73. The minimum Gasteiger partial charge on any atom is -0.478 e. The van der Waals surface area contributed by atoms with Gasteiger partial charge in [0, 0.05) is 6.04 Å². The predicted molar refractivity (Wildman–Crippen MR) is 58.3 cm³/mol. The molecule has 2 rings (SSSR count). The maximum Gasteiger partial charge on any atom is 0.337 e. The molecule has 0 spiro atoms. The molecule has 1 unspecified atom stereocenters. The maximum absolute atomic E-state index is 11.1. The van der Waals surface area contributed by atoms with E-state index in [9.17, 15) is 4.79 Å². The lowest BCUT2D eigenvalue weighted by atomic mass is 9.85. The lowest BCUT2D eigenvalue weighted by Crippen LogP contribution is -2.20. The Balaban J connectivity index is 2.63. The van der Waals surface area contributed by atoms with Crippen molar-refractivity contribution >= 4 is 17.6 Å². The van der Waals surface area contributed by atoms with Gasteiger partial charge >= 0.3 is 5.97 Å². The molecule has 0 fully saturated rings. The fraction of sp³-hybridized carbons (Fsp3) is 0.364. The third-order valence-corrected chi connectivity index (χ3v) is 3.17. The molecule has 1 atom stereocenters. The van der Waals surface area contributed by atoms with Crippen molar-refractivity contribution in [3.8, 4) is 0 Å². The van der Waals surface area contributed by atoms with E-state index in [-0.39, 0.29) is 11.6 Å². The normalized spacial score (nSPS) is 19.7. The number of benzene rings is 1. The second kappa shape index (κ2) is 3.83. The van der Waals surface area contributed by atoms with Gasteiger partial charge in [-0.2, -0.15) is 0 Å². The molecule has 4 heteroatoms. The Labute approximate surface area is 92.8 Å². The van der Waals surface area contributed by atoms with Gasteiger partial charge < -0.3 is 10.8 Å². The van der Waals surface area contributed by atoms with Crippen LogP contribution in [0.15, 0.2) is 12.1 Å². The SMILES string of the molecule is NC1CCCc2c1ccc(Cl)c2C(=O)O. The number of carboxylic acids is 1. The van der Waals surface area contributed by atoms with Crippen molar-refractivity contribution in [2.75, 3.05) is 0 Å². The van der Waals surface area contributed by atoms with Gasteiger partial charge in [-0.3, -0.25) is 0 Å². The Morgan fingerprint density at radius 1 is 1.53 bits per heavy atom. The number of rotatable bonds is 1. The molecule has 1 aliphatic rings. The highest BCUT2D eigenvalue weighted by atomic mass is 35.5. The van der Waals surface area contributed by atoms with Gasteiger partial charge in [0.05, 0.1) is 10.6 Å². The number of hydrogen-bond donors (Lipinski definition) is 2. The predicted octanol–water partition coefficient (Wildman–Crippen LogP) is 2.37. The molecule has 0 aliphatic heterocycles. The van der Waals surface area contributed by atoms with Crippen LogP contribution in [0.25, 0.3) is 0 Å². The number of fused-ring (bicyclic) bond motifs is 1. The molecule has 0 bridgehead atoms. The number of nitrogens with two attached hydrogens (primary N) is 1. The van der Waals surface area contributed by atoms with E-state index >= 15 is 0 Å².